The molecule has 0 aliphatic rings. The number of carbonyl (C=O) groups excluding carboxylic acids is 1. The van der Waals surface area contributed by atoms with Gasteiger partial charge >= 0.3 is 0 Å². The van der Waals surface area contributed by atoms with E-state index >= 15 is 0 Å². The fourth-order valence-electron chi connectivity index (χ4n) is 2.68. The van der Waals surface area contributed by atoms with Crippen LogP contribution in [-0.2, 0) is 6.54 Å². The van der Waals surface area contributed by atoms with Crippen molar-refractivity contribution in [3.05, 3.63) is 47.2 Å². The zero-order valence-corrected chi connectivity index (χ0v) is 16.2. The molecule has 3 rings (SSSR count). The molecule has 3 aromatic rings. The molecule has 148 valence electrons. The van der Waals surface area contributed by atoms with Crippen LogP contribution in [0.3, 0.4) is 0 Å². The number of hydrogen-bond acceptors (Lipinski definition) is 5. The van der Waals surface area contributed by atoms with Crippen molar-refractivity contribution in [1.29, 1.82) is 0 Å². The summed E-state index contributed by atoms with van der Waals surface area (Å²) in [6.07, 6.45) is 1.28. The summed E-state index contributed by atoms with van der Waals surface area (Å²) in [5.74, 6) is -4.03. The maximum atomic E-state index is 14.2. The lowest BCUT2D eigenvalue weighted by atomic mass is 10.1. The Morgan fingerprint density at radius 3 is 2.71 bits per heavy atom. The van der Waals surface area contributed by atoms with Crippen molar-refractivity contribution in [2.75, 3.05) is 11.1 Å². The minimum absolute atomic E-state index is 0.0596. The quantitative estimate of drug-likeness (QED) is 0.660. The number of thiazole rings is 1. The predicted octanol–water partition coefficient (Wildman–Crippen LogP) is 4.25. The van der Waals surface area contributed by atoms with Gasteiger partial charge in [0, 0.05) is 12.5 Å². The maximum absolute atomic E-state index is 14.2. The van der Waals surface area contributed by atoms with Crippen molar-refractivity contribution in [3.63, 3.8) is 0 Å². The molecule has 0 aliphatic heterocycles. The number of amides is 1. The van der Waals surface area contributed by atoms with E-state index in [-0.39, 0.29) is 27.0 Å². The van der Waals surface area contributed by atoms with Gasteiger partial charge in [0.15, 0.2) is 5.69 Å². The summed E-state index contributed by atoms with van der Waals surface area (Å²) in [6.45, 7) is 3.47. The van der Waals surface area contributed by atoms with Gasteiger partial charge in [-0.2, -0.15) is 5.10 Å². The topological polar surface area (TPSA) is 85.8 Å². The number of aryl methyl sites for hydroxylation is 1. The number of rotatable bonds is 5. The molecule has 10 heteroatoms. The predicted molar refractivity (Wildman–Crippen MR) is 102 cm³/mol. The molecule has 28 heavy (non-hydrogen) atoms. The highest BCUT2D eigenvalue weighted by Crippen LogP contribution is 2.34. The minimum Gasteiger partial charge on any atom is -0.389 e. The largest absolute Gasteiger partial charge is 0.389 e. The Bertz CT molecular complexity index is 1020. The second-order valence-electron chi connectivity index (χ2n) is 6.49. The molecule has 1 aromatic carbocycles. The first-order chi connectivity index (χ1) is 13.1. The molecule has 6 nitrogen and oxygen atoms in total. The van der Waals surface area contributed by atoms with Gasteiger partial charge < -0.3 is 11.1 Å². The van der Waals surface area contributed by atoms with E-state index in [1.807, 2.05) is 0 Å². The second kappa shape index (κ2) is 7.27. The number of benzene rings is 1. The highest BCUT2D eigenvalue weighted by Gasteiger charge is 2.25. The van der Waals surface area contributed by atoms with Crippen molar-refractivity contribution in [2.24, 2.45) is 0 Å². The molecule has 0 aliphatic carbocycles. The molecule has 0 spiro atoms. The van der Waals surface area contributed by atoms with Crippen LogP contribution in [0.15, 0.2) is 24.4 Å². The van der Waals surface area contributed by atoms with E-state index in [1.54, 1.807) is 26.0 Å². The summed E-state index contributed by atoms with van der Waals surface area (Å²) in [6, 6.07) is 4.62. The van der Waals surface area contributed by atoms with Crippen LogP contribution in [0.2, 0.25) is 0 Å². The summed E-state index contributed by atoms with van der Waals surface area (Å²) >= 11 is 0.998. The summed E-state index contributed by atoms with van der Waals surface area (Å²) in [4.78, 5) is 16.8. The van der Waals surface area contributed by atoms with Crippen LogP contribution in [0, 0.1) is 19.7 Å². The Balaban J connectivity index is 1.86. The number of alkyl halides is 2. The van der Waals surface area contributed by atoms with Gasteiger partial charge in [-0.1, -0.05) is 23.5 Å². The van der Waals surface area contributed by atoms with Crippen LogP contribution >= 0.6 is 11.3 Å². The van der Waals surface area contributed by atoms with Crippen LogP contribution in [0.25, 0.3) is 10.6 Å². The van der Waals surface area contributed by atoms with Crippen LogP contribution in [0.4, 0.5) is 23.9 Å². The maximum Gasteiger partial charge on any atom is 0.277 e. The molecule has 0 saturated carbocycles. The standard InChI is InChI=1S/C18H18F3N5OS/c1-9-5-4-6-11(19)13(9)17-25-14(15(22)28-17)16(27)24-12-7-23-26(10(12)2)8-18(3,20)21/h4-7H,8,22H2,1-3H3,(H,24,27). The highest BCUT2D eigenvalue weighted by atomic mass is 32.1. The number of nitrogens with zero attached hydrogens (tertiary/aromatic N) is 3. The minimum atomic E-state index is -2.94. The normalized spacial score (nSPS) is 11.6. The van der Waals surface area contributed by atoms with E-state index < -0.39 is 24.2 Å². The zero-order valence-electron chi connectivity index (χ0n) is 15.4. The molecule has 2 aromatic heterocycles. The molecule has 0 fully saturated rings. The van der Waals surface area contributed by atoms with Crippen LogP contribution in [0.1, 0.15) is 28.7 Å². The van der Waals surface area contributed by atoms with Crippen LogP contribution in [0.5, 0.6) is 0 Å². The average molecular weight is 409 g/mol. The van der Waals surface area contributed by atoms with Gasteiger partial charge in [0.2, 0.25) is 0 Å². The molecule has 0 atom stereocenters. The molecular formula is C18H18F3N5OS. The lowest BCUT2D eigenvalue weighted by Gasteiger charge is -2.11. The Hall–Kier alpha value is -2.88. The van der Waals surface area contributed by atoms with Gasteiger partial charge in [-0.15, -0.1) is 0 Å². The number of nitrogens with two attached hydrogens (primary N) is 1. The van der Waals surface area contributed by atoms with Gasteiger partial charge in [0.1, 0.15) is 22.4 Å². The number of carbonyl (C=O) groups is 1. The van der Waals surface area contributed by atoms with E-state index in [4.69, 9.17) is 5.73 Å². The van der Waals surface area contributed by atoms with Crippen LogP contribution in [-0.4, -0.2) is 26.6 Å². The number of anilines is 2. The molecule has 0 unspecified atom stereocenters. The highest BCUT2D eigenvalue weighted by molar-refractivity contribution is 7.19. The van der Waals surface area contributed by atoms with Crippen molar-refractivity contribution in [1.82, 2.24) is 14.8 Å². The van der Waals surface area contributed by atoms with E-state index in [0.29, 0.717) is 11.3 Å². The molecule has 0 saturated heterocycles. The lowest BCUT2D eigenvalue weighted by molar-refractivity contribution is 0.0000352. The SMILES string of the molecule is Cc1cccc(F)c1-c1nc(C(=O)Nc2cnn(CC(C)(F)F)c2C)c(N)s1. The molecule has 3 N–H and O–H groups in total. The van der Waals surface area contributed by atoms with Gasteiger partial charge in [-0.3, -0.25) is 9.48 Å². The van der Waals surface area contributed by atoms with Crippen LogP contribution < -0.4 is 11.1 Å². The third-order valence-electron chi connectivity index (χ3n) is 4.08. The molecule has 1 amide bonds. The van der Waals surface area contributed by atoms with E-state index in [1.165, 1.54) is 12.3 Å². The van der Waals surface area contributed by atoms with Crippen molar-refractivity contribution in [2.45, 2.75) is 33.2 Å². The fourth-order valence-corrected chi connectivity index (χ4v) is 3.62. The summed E-state index contributed by atoms with van der Waals surface area (Å²) in [5, 5.41) is 6.85. The van der Waals surface area contributed by atoms with Gasteiger partial charge in [0.05, 0.1) is 17.6 Å². The third-order valence-corrected chi connectivity index (χ3v) is 4.99. The lowest BCUT2D eigenvalue weighted by Crippen LogP contribution is -2.21. The second-order valence-corrected chi connectivity index (χ2v) is 7.52. The Labute approximate surface area is 163 Å². The third kappa shape index (κ3) is 4.01. The first-order valence-corrected chi connectivity index (χ1v) is 9.12. The Morgan fingerprint density at radius 2 is 2.07 bits per heavy atom. The first-order valence-electron chi connectivity index (χ1n) is 8.30. The Morgan fingerprint density at radius 1 is 1.36 bits per heavy atom. The fraction of sp³-hybridized carbons (Fsp3) is 0.278. The van der Waals surface area contributed by atoms with Gasteiger partial charge in [-0.25, -0.2) is 18.2 Å². The average Bonchev–Trinajstić information content (AvgIpc) is 3.11. The Kier molecular flexibility index (Phi) is 5.16. The number of nitrogens with one attached hydrogen (secondary N) is 1. The molecular weight excluding hydrogens is 391 g/mol. The number of aromatic nitrogens is 3. The van der Waals surface area contributed by atoms with Gasteiger partial charge in [0.25, 0.3) is 11.8 Å². The zero-order chi connectivity index (χ0) is 20.6. The summed E-state index contributed by atoms with van der Waals surface area (Å²) < 4.78 is 41.7. The molecule has 0 radical (unpaired) electrons. The smallest absolute Gasteiger partial charge is 0.277 e. The molecule has 2 heterocycles. The van der Waals surface area contributed by atoms with E-state index in [0.717, 1.165) is 22.9 Å². The van der Waals surface area contributed by atoms with Crippen molar-refractivity contribution < 1.29 is 18.0 Å². The van der Waals surface area contributed by atoms with Crippen molar-refractivity contribution in [3.8, 4) is 10.6 Å². The summed E-state index contributed by atoms with van der Waals surface area (Å²) in [7, 11) is 0. The van der Waals surface area contributed by atoms with Gasteiger partial charge in [-0.05, 0) is 25.5 Å². The molecule has 0 bridgehead atoms. The first kappa shape index (κ1) is 19.9. The number of nitrogen functional groups attached to an aromatic ring is 1. The summed E-state index contributed by atoms with van der Waals surface area (Å²) in [5.41, 5.74) is 7.44. The number of halogens is 3. The monoisotopic (exact) mass is 409 g/mol. The van der Waals surface area contributed by atoms with E-state index in [9.17, 15) is 18.0 Å². The van der Waals surface area contributed by atoms with E-state index in [2.05, 4.69) is 15.4 Å². The number of hydrogen-bond donors (Lipinski definition) is 2. The van der Waals surface area contributed by atoms with Crippen molar-refractivity contribution >= 4 is 27.9 Å².